The molecule has 314 valence electrons. The molecule has 1 saturated heterocycles. The Balaban J connectivity index is 1.09. The van der Waals surface area contributed by atoms with Crippen LogP contribution < -0.4 is 20.9 Å². The van der Waals surface area contributed by atoms with Gasteiger partial charge in [-0.25, -0.2) is 14.6 Å². The first-order valence-electron chi connectivity index (χ1n) is 20.3. The van der Waals surface area contributed by atoms with Crippen molar-refractivity contribution in [2.45, 2.75) is 90.9 Å². The highest BCUT2D eigenvalue weighted by Gasteiger charge is 2.31. The van der Waals surface area contributed by atoms with Crippen molar-refractivity contribution in [2.24, 2.45) is 11.8 Å². The molecule has 3 heterocycles. The molecule has 6 rings (SSSR count). The van der Waals surface area contributed by atoms with Crippen LogP contribution in [0.3, 0.4) is 0 Å². The lowest BCUT2D eigenvalue weighted by molar-refractivity contribution is -0.130. The zero-order chi connectivity index (χ0) is 42.2. The molecule has 16 nitrogen and oxygen atoms in total. The van der Waals surface area contributed by atoms with Crippen LogP contribution in [0.1, 0.15) is 72.8 Å². The van der Waals surface area contributed by atoms with Crippen LogP contribution in [0.4, 0.5) is 21.1 Å². The third-order valence-electron chi connectivity index (χ3n) is 10.3. The van der Waals surface area contributed by atoms with E-state index in [4.69, 9.17) is 9.47 Å². The fraction of sp³-hybridized carbons (Fsp3) is 0.488. The number of aromatic amines is 1. The molecule has 59 heavy (non-hydrogen) atoms. The van der Waals surface area contributed by atoms with Gasteiger partial charge in [-0.1, -0.05) is 24.3 Å². The first-order chi connectivity index (χ1) is 28.1. The average molecular weight is 809 g/mol. The number of H-pyrrole nitrogens is 1. The Labute approximate surface area is 345 Å². The van der Waals surface area contributed by atoms with E-state index in [1.807, 2.05) is 77.9 Å². The molecule has 16 heteroatoms. The lowest BCUT2D eigenvalue weighted by Crippen LogP contribution is -2.50. The zero-order valence-corrected chi connectivity index (χ0v) is 34.8. The lowest BCUT2D eigenvalue weighted by atomic mass is 9.81. The van der Waals surface area contributed by atoms with Gasteiger partial charge in [-0.05, 0) is 131 Å². The highest BCUT2D eigenvalue weighted by Crippen LogP contribution is 2.30. The van der Waals surface area contributed by atoms with Gasteiger partial charge in [0, 0.05) is 62.5 Å². The maximum absolute atomic E-state index is 13.9. The van der Waals surface area contributed by atoms with Gasteiger partial charge in [0.2, 0.25) is 17.6 Å². The number of aromatic nitrogens is 5. The molecule has 0 radical (unpaired) electrons. The third-order valence-corrected chi connectivity index (χ3v) is 10.3. The molecular weight excluding hydrogens is 753 g/mol. The maximum atomic E-state index is 13.9. The van der Waals surface area contributed by atoms with E-state index < -0.39 is 23.3 Å². The van der Waals surface area contributed by atoms with E-state index in [0.29, 0.717) is 57.1 Å². The highest BCUT2D eigenvalue weighted by molar-refractivity contribution is 5.97. The van der Waals surface area contributed by atoms with E-state index in [1.54, 1.807) is 35.4 Å². The lowest BCUT2D eigenvalue weighted by Gasteiger charge is -2.36. The quantitative estimate of drug-likeness (QED) is 0.139. The third kappa shape index (κ3) is 12.5. The number of nitrogens with zero attached hydrogens (tertiary/aromatic N) is 6. The molecule has 2 aromatic carbocycles. The molecule has 1 atom stereocenters. The second kappa shape index (κ2) is 18.7. The molecule has 1 saturated carbocycles. The minimum Gasteiger partial charge on any atom is -0.444 e. The minimum atomic E-state index is -0.844. The van der Waals surface area contributed by atoms with Gasteiger partial charge < -0.3 is 35.2 Å². The van der Waals surface area contributed by atoms with Crippen LogP contribution >= 0.6 is 0 Å². The van der Waals surface area contributed by atoms with Crippen LogP contribution in [-0.2, 0) is 25.5 Å². The van der Waals surface area contributed by atoms with E-state index in [0.717, 1.165) is 40.9 Å². The predicted octanol–water partition coefficient (Wildman–Crippen LogP) is 5.98. The minimum absolute atomic E-state index is 0.163. The molecule has 2 aromatic heterocycles. The van der Waals surface area contributed by atoms with Gasteiger partial charge in [-0.15, -0.1) is 10.2 Å². The summed E-state index contributed by atoms with van der Waals surface area (Å²) in [5, 5.41) is 23.0. The smallest absolute Gasteiger partial charge is 0.410 e. The predicted molar refractivity (Wildman–Crippen MR) is 223 cm³/mol. The Morgan fingerprint density at radius 3 is 2.10 bits per heavy atom. The van der Waals surface area contributed by atoms with Gasteiger partial charge in [0.1, 0.15) is 23.1 Å². The summed E-state index contributed by atoms with van der Waals surface area (Å²) >= 11 is 0. The summed E-state index contributed by atoms with van der Waals surface area (Å²) in [7, 11) is 0. The molecule has 4 N–H and O–H groups in total. The molecule has 1 aliphatic carbocycles. The molecule has 0 unspecified atom stereocenters. The monoisotopic (exact) mass is 808 g/mol. The Kier molecular flexibility index (Phi) is 13.5. The number of anilines is 2. The number of tetrazole rings is 1. The molecule has 4 amide bonds. The zero-order valence-electron chi connectivity index (χ0n) is 34.8. The Morgan fingerprint density at radius 1 is 0.814 bits per heavy atom. The van der Waals surface area contributed by atoms with Crippen LogP contribution in [0.15, 0.2) is 66.9 Å². The molecule has 4 aromatic rings. The maximum Gasteiger partial charge on any atom is 0.410 e. The number of ether oxygens (including phenoxy) is 2. The van der Waals surface area contributed by atoms with Crippen LogP contribution in [0.5, 0.6) is 0 Å². The normalized spacial score (nSPS) is 17.7. The summed E-state index contributed by atoms with van der Waals surface area (Å²) in [6.07, 6.45) is 4.17. The Morgan fingerprint density at radius 2 is 1.47 bits per heavy atom. The molecule has 0 bridgehead atoms. The van der Waals surface area contributed by atoms with E-state index in [2.05, 4.69) is 46.5 Å². The fourth-order valence-electron chi connectivity index (χ4n) is 7.17. The van der Waals surface area contributed by atoms with Gasteiger partial charge in [-0.2, -0.15) is 5.21 Å². The van der Waals surface area contributed by atoms with Crippen molar-refractivity contribution in [3.63, 3.8) is 0 Å². The second-order valence-corrected chi connectivity index (χ2v) is 17.2. The molecular formula is C43H56N10O6. The Bertz CT molecular complexity index is 2030. The number of benzene rings is 2. The van der Waals surface area contributed by atoms with Gasteiger partial charge in [0.15, 0.2) is 0 Å². The van der Waals surface area contributed by atoms with Gasteiger partial charge in [-0.3, -0.25) is 9.59 Å². The van der Waals surface area contributed by atoms with Crippen molar-refractivity contribution in [2.75, 3.05) is 42.9 Å². The topological polar surface area (TPSA) is 197 Å². The van der Waals surface area contributed by atoms with Crippen LogP contribution in [0, 0.1) is 11.8 Å². The summed E-state index contributed by atoms with van der Waals surface area (Å²) in [4.78, 5) is 60.9. The van der Waals surface area contributed by atoms with Crippen molar-refractivity contribution in [1.82, 2.24) is 41.1 Å². The largest absolute Gasteiger partial charge is 0.444 e. The van der Waals surface area contributed by atoms with E-state index in [1.165, 1.54) is 0 Å². The number of piperazine rings is 1. The molecule has 0 spiro atoms. The van der Waals surface area contributed by atoms with Crippen molar-refractivity contribution in [3.8, 4) is 22.5 Å². The van der Waals surface area contributed by atoms with Gasteiger partial charge >= 0.3 is 12.2 Å². The number of hydrogen-bond acceptors (Lipinski definition) is 11. The number of carbonyl (C=O) groups is 4. The van der Waals surface area contributed by atoms with E-state index in [9.17, 15) is 19.2 Å². The summed E-state index contributed by atoms with van der Waals surface area (Å²) in [6.45, 7) is 13.9. The first kappa shape index (κ1) is 42.5. The average Bonchev–Trinajstić information content (AvgIpc) is 3.75. The molecule has 1 aliphatic heterocycles. The van der Waals surface area contributed by atoms with Crippen molar-refractivity contribution in [1.29, 1.82) is 0 Å². The number of pyridine rings is 1. The number of rotatable bonds is 11. The van der Waals surface area contributed by atoms with Gasteiger partial charge in [0.25, 0.3) is 0 Å². The summed E-state index contributed by atoms with van der Waals surface area (Å²) in [6, 6.07) is 18.2. The summed E-state index contributed by atoms with van der Waals surface area (Å²) in [5.41, 5.74) is 3.03. The van der Waals surface area contributed by atoms with Crippen molar-refractivity contribution >= 4 is 35.5 Å². The number of alkyl carbamates (subject to hydrolysis) is 1. The number of amides is 4. The van der Waals surface area contributed by atoms with E-state index in [-0.39, 0.29) is 36.2 Å². The fourth-order valence-corrected chi connectivity index (χ4v) is 7.17. The number of carbonyl (C=O) groups excluding carboxylic acids is 4. The molecule has 2 fully saturated rings. The van der Waals surface area contributed by atoms with Crippen molar-refractivity contribution in [3.05, 3.63) is 72.4 Å². The van der Waals surface area contributed by atoms with Gasteiger partial charge in [0.05, 0.1) is 0 Å². The second-order valence-electron chi connectivity index (χ2n) is 17.2. The van der Waals surface area contributed by atoms with Crippen molar-refractivity contribution < 1.29 is 28.7 Å². The highest BCUT2D eigenvalue weighted by atomic mass is 16.6. The molecule has 2 aliphatic rings. The standard InChI is InChI=1S/C43H56N10O6/c1-42(2,3)58-40(56)45-27-29-9-13-32(14-10-29)38(54)47-35(39(55)46-34-17-15-31(16-18-34)37-48-50-51-49-37)25-28-7-11-30(12-8-28)33-19-20-44-36(26-33)52-21-23-53(24-22-52)41(57)59-43(4,5)6/h7-8,11-12,15-20,26,29,32,35H,9-10,13-14,21-25,27H2,1-6H3,(H,45,56)(H,46,55)(H,47,54)(H,48,49,50,51)/t29?,32?,35-/m0/s1. The van der Waals surface area contributed by atoms with Crippen LogP contribution in [0.2, 0.25) is 0 Å². The summed E-state index contributed by atoms with van der Waals surface area (Å²) < 4.78 is 10.9. The Hall–Kier alpha value is -6.06. The SMILES string of the molecule is CC(C)(C)OC(=O)NCC1CCC(C(=O)N[C@@H](Cc2ccc(-c3ccnc(N4CCN(C(=O)OC(C)(C)C)CC4)c3)cc2)C(=O)Nc2ccc(-c3nn[nH]n3)cc2)CC1. The number of nitrogens with one attached hydrogen (secondary N) is 4. The van der Waals surface area contributed by atoms with E-state index >= 15 is 0 Å². The first-order valence-corrected chi connectivity index (χ1v) is 20.3. The number of hydrogen-bond donors (Lipinski definition) is 4. The van der Waals surface area contributed by atoms with Crippen LogP contribution in [0.25, 0.3) is 22.5 Å². The van der Waals surface area contributed by atoms with Crippen LogP contribution in [-0.4, -0.2) is 104 Å². The summed E-state index contributed by atoms with van der Waals surface area (Å²) in [5.74, 6) is 0.757.